The molecule has 0 heterocycles. The highest BCUT2D eigenvalue weighted by atomic mass is 19.2. The zero-order chi connectivity index (χ0) is 10.2. The SMILES string of the molecule is O=C(O)c1c(F)c(F)[c]c(F)c1F. The van der Waals surface area contributed by atoms with Gasteiger partial charge in [-0.3, -0.25) is 0 Å². The molecule has 0 unspecified atom stereocenters. The van der Waals surface area contributed by atoms with Gasteiger partial charge in [0.05, 0.1) is 6.07 Å². The van der Waals surface area contributed by atoms with Crippen molar-refractivity contribution in [3.05, 3.63) is 34.9 Å². The Labute approximate surface area is 69.4 Å². The summed E-state index contributed by atoms with van der Waals surface area (Å²) in [4.78, 5) is 10.1. The van der Waals surface area contributed by atoms with E-state index in [2.05, 4.69) is 0 Å². The van der Waals surface area contributed by atoms with Gasteiger partial charge in [0.25, 0.3) is 0 Å². The van der Waals surface area contributed by atoms with Crippen LogP contribution in [0.2, 0.25) is 0 Å². The second-order valence-electron chi connectivity index (χ2n) is 2.06. The topological polar surface area (TPSA) is 37.3 Å². The van der Waals surface area contributed by atoms with Crippen LogP contribution in [0.3, 0.4) is 0 Å². The van der Waals surface area contributed by atoms with Crippen molar-refractivity contribution in [2.45, 2.75) is 0 Å². The summed E-state index contributed by atoms with van der Waals surface area (Å²) in [5, 5.41) is 8.17. The summed E-state index contributed by atoms with van der Waals surface area (Å²) in [6.45, 7) is 0. The molecule has 0 aromatic heterocycles. The lowest BCUT2D eigenvalue weighted by atomic mass is 10.2. The van der Waals surface area contributed by atoms with E-state index in [0.717, 1.165) is 6.07 Å². The molecule has 69 valence electrons. The van der Waals surface area contributed by atoms with Crippen molar-refractivity contribution < 1.29 is 27.5 Å². The number of benzene rings is 1. The molecule has 0 spiro atoms. The molecule has 0 aliphatic carbocycles. The Balaban J connectivity index is 3.56. The third-order valence-electron chi connectivity index (χ3n) is 1.26. The Hall–Kier alpha value is -1.59. The fourth-order valence-electron chi connectivity index (χ4n) is 0.710. The molecule has 1 radical (unpaired) electrons. The number of aromatic carboxylic acids is 1. The number of halogens is 4. The van der Waals surface area contributed by atoms with Crippen molar-refractivity contribution in [2.24, 2.45) is 0 Å². The first kappa shape index (κ1) is 9.50. The maximum atomic E-state index is 12.5. The summed E-state index contributed by atoms with van der Waals surface area (Å²) in [6.07, 6.45) is 0. The predicted molar refractivity (Wildman–Crippen MR) is 32.1 cm³/mol. The van der Waals surface area contributed by atoms with Crippen molar-refractivity contribution in [3.63, 3.8) is 0 Å². The van der Waals surface area contributed by atoms with Crippen molar-refractivity contribution >= 4 is 5.97 Å². The van der Waals surface area contributed by atoms with Crippen LogP contribution in [0, 0.1) is 29.3 Å². The lowest BCUT2D eigenvalue weighted by Gasteiger charge is -2.00. The van der Waals surface area contributed by atoms with E-state index in [4.69, 9.17) is 5.11 Å². The average molecular weight is 193 g/mol. The molecule has 2 nitrogen and oxygen atoms in total. The lowest BCUT2D eigenvalue weighted by Crippen LogP contribution is -2.09. The fraction of sp³-hybridized carbons (Fsp3) is 0. The molecule has 0 fully saturated rings. The molecule has 1 rings (SSSR count). The molecule has 0 bridgehead atoms. The van der Waals surface area contributed by atoms with Crippen LogP contribution in [-0.2, 0) is 0 Å². The third-order valence-corrected chi connectivity index (χ3v) is 1.26. The summed E-state index contributed by atoms with van der Waals surface area (Å²) >= 11 is 0. The van der Waals surface area contributed by atoms with Gasteiger partial charge in [-0.05, 0) is 0 Å². The molecule has 1 aromatic rings. The largest absolute Gasteiger partial charge is 0.477 e. The number of carboxylic acid groups (broad SMARTS) is 1. The van der Waals surface area contributed by atoms with Crippen molar-refractivity contribution in [2.75, 3.05) is 0 Å². The number of carbonyl (C=O) groups is 1. The van der Waals surface area contributed by atoms with Gasteiger partial charge in [0, 0.05) is 0 Å². The van der Waals surface area contributed by atoms with Crippen molar-refractivity contribution in [3.8, 4) is 0 Å². The number of hydrogen-bond donors (Lipinski definition) is 1. The second-order valence-corrected chi connectivity index (χ2v) is 2.06. The van der Waals surface area contributed by atoms with Gasteiger partial charge in [-0.2, -0.15) is 0 Å². The highest BCUT2D eigenvalue weighted by molar-refractivity contribution is 5.88. The zero-order valence-corrected chi connectivity index (χ0v) is 5.87. The van der Waals surface area contributed by atoms with Crippen LogP contribution in [0.1, 0.15) is 10.4 Å². The van der Waals surface area contributed by atoms with Gasteiger partial charge in [-0.25, -0.2) is 22.4 Å². The first-order valence-electron chi connectivity index (χ1n) is 2.93. The van der Waals surface area contributed by atoms with Crippen LogP contribution in [-0.4, -0.2) is 11.1 Å². The number of hydrogen-bond acceptors (Lipinski definition) is 1. The van der Waals surface area contributed by atoms with Gasteiger partial charge in [0.15, 0.2) is 23.3 Å². The van der Waals surface area contributed by atoms with Crippen LogP contribution in [0.25, 0.3) is 0 Å². The van der Waals surface area contributed by atoms with E-state index in [1.54, 1.807) is 0 Å². The molecule has 0 aliphatic rings. The molecule has 1 N–H and O–H groups in total. The Kier molecular flexibility index (Phi) is 2.22. The smallest absolute Gasteiger partial charge is 0.341 e. The molecule has 6 heteroatoms. The highest BCUT2D eigenvalue weighted by Crippen LogP contribution is 2.18. The first-order valence-corrected chi connectivity index (χ1v) is 2.93. The Bertz CT molecular complexity index is 349. The Morgan fingerprint density at radius 2 is 1.46 bits per heavy atom. The number of rotatable bonds is 1. The van der Waals surface area contributed by atoms with Crippen LogP contribution >= 0.6 is 0 Å². The molecule has 0 saturated carbocycles. The quantitative estimate of drug-likeness (QED) is 0.544. The van der Waals surface area contributed by atoms with Gasteiger partial charge in [0.2, 0.25) is 0 Å². The zero-order valence-electron chi connectivity index (χ0n) is 5.87. The van der Waals surface area contributed by atoms with Gasteiger partial charge in [0.1, 0.15) is 5.56 Å². The Morgan fingerprint density at radius 1 is 1.08 bits per heavy atom. The van der Waals surface area contributed by atoms with E-state index in [1.807, 2.05) is 0 Å². The van der Waals surface area contributed by atoms with Crippen LogP contribution in [0.15, 0.2) is 0 Å². The molecular formula is C7HF4O2. The van der Waals surface area contributed by atoms with E-state index >= 15 is 0 Å². The van der Waals surface area contributed by atoms with E-state index < -0.39 is 34.8 Å². The van der Waals surface area contributed by atoms with Crippen LogP contribution in [0.5, 0.6) is 0 Å². The molecule has 0 aliphatic heterocycles. The number of carboxylic acids is 1. The standard InChI is InChI=1S/C7HF4O2/c8-2-1-3(9)6(11)4(5(2)10)7(12)13/h(H,12,13). The van der Waals surface area contributed by atoms with Crippen molar-refractivity contribution in [1.29, 1.82) is 0 Å². The first-order chi connectivity index (χ1) is 5.95. The normalized spacial score (nSPS) is 10.2. The summed E-state index contributed by atoms with van der Waals surface area (Å²) in [5.41, 5.74) is -1.66. The average Bonchev–Trinajstić information content (AvgIpc) is 2.01. The van der Waals surface area contributed by atoms with Gasteiger partial charge in [-0.15, -0.1) is 0 Å². The van der Waals surface area contributed by atoms with E-state index in [1.165, 1.54) is 0 Å². The molecular weight excluding hydrogens is 192 g/mol. The molecule has 0 saturated heterocycles. The predicted octanol–water partition coefficient (Wildman–Crippen LogP) is 1.74. The van der Waals surface area contributed by atoms with Gasteiger partial charge in [-0.1, -0.05) is 0 Å². The summed E-state index contributed by atoms with van der Waals surface area (Å²) in [6, 6.07) is 1.06. The minimum absolute atomic E-state index is 1.06. The maximum Gasteiger partial charge on any atom is 0.341 e. The van der Waals surface area contributed by atoms with E-state index in [0.29, 0.717) is 0 Å². The minimum atomic E-state index is -2.08. The molecule has 0 amide bonds. The highest BCUT2D eigenvalue weighted by Gasteiger charge is 2.24. The van der Waals surface area contributed by atoms with Gasteiger partial charge < -0.3 is 5.11 Å². The third kappa shape index (κ3) is 1.47. The van der Waals surface area contributed by atoms with E-state index in [9.17, 15) is 22.4 Å². The molecule has 0 atom stereocenters. The summed E-state index contributed by atoms with van der Waals surface area (Å²) in [5.74, 6) is -9.74. The van der Waals surface area contributed by atoms with E-state index in [-0.39, 0.29) is 0 Å². The summed E-state index contributed by atoms with van der Waals surface area (Å²) in [7, 11) is 0. The van der Waals surface area contributed by atoms with Crippen LogP contribution < -0.4 is 0 Å². The molecule has 1 aromatic carbocycles. The Morgan fingerprint density at radius 3 is 1.77 bits per heavy atom. The van der Waals surface area contributed by atoms with Crippen molar-refractivity contribution in [1.82, 2.24) is 0 Å². The lowest BCUT2D eigenvalue weighted by molar-refractivity contribution is 0.0683. The monoisotopic (exact) mass is 193 g/mol. The summed E-state index contributed by atoms with van der Waals surface area (Å²) < 4.78 is 49.6. The second kappa shape index (κ2) is 3.04. The van der Waals surface area contributed by atoms with Crippen LogP contribution in [0.4, 0.5) is 17.6 Å². The minimum Gasteiger partial charge on any atom is -0.477 e. The molecule has 13 heavy (non-hydrogen) atoms. The fourth-order valence-corrected chi connectivity index (χ4v) is 0.710. The maximum absolute atomic E-state index is 12.5. The van der Waals surface area contributed by atoms with Gasteiger partial charge >= 0.3 is 5.97 Å².